The Balaban J connectivity index is 1.62. The molecule has 7 heteroatoms. The van der Waals surface area contributed by atoms with E-state index in [2.05, 4.69) is 24.1 Å². The molecule has 1 heterocycles. The zero-order valence-electron chi connectivity index (χ0n) is 16.6. The fourth-order valence-electron chi connectivity index (χ4n) is 3.36. The van der Waals surface area contributed by atoms with Crippen molar-refractivity contribution in [1.29, 1.82) is 0 Å². The first-order valence-electron chi connectivity index (χ1n) is 9.73. The third kappa shape index (κ3) is 5.43. The molecule has 1 fully saturated rings. The van der Waals surface area contributed by atoms with Crippen LogP contribution < -0.4 is 10.2 Å². The van der Waals surface area contributed by atoms with Gasteiger partial charge in [0.15, 0.2) is 0 Å². The molecule has 1 N–H and O–H groups in total. The average molecular weight is 434 g/mol. The summed E-state index contributed by atoms with van der Waals surface area (Å²) in [6.07, 6.45) is 0.584. The number of halogens is 2. The zero-order chi connectivity index (χ0) is 21.0. The Labute approximate surface area is 181 Å². The lowest BCUT2D eigenvalue weighted by Crippen LogP contribution is -2.49. The van der Waals surface area contributed by atoms with Crippen molar-refractivity contribution in [2.75, 3.05) is 36.4 Å². The molecule has 0 bridgehead atoms. The van der Waals surface area contributed by atoms with Gasteiger partial charge in [0.25, 0.3) is 5.91 Å². The predicted molar refractivity (Wildman–Crippen MR) is 119 cm³/mol. The highest BCUT2D eigenvalue weighted by Gasteiger charge is 2.23. The van der Waals surface area contributed by atoms with Crippen LogP contribution in [0.15, 0.2) is 42.5 Å². The SMILES string of the molecule is CC(C)CC(=O)N1CCN(c2ccc(NC(=O)c3ccccc3Cl)cc2Cl)CC1. The first kappa shape index (κ1) is 21.5. The third-order valence-electron chi connectivity index (χ3n) is 4.88. The monoisotopic (exact) mass is 433 g/mol. The van der Waals surface area contributed by atoms with E-state index in [1.165, 1.54) is 0 Å². The van der Waals surface area contributed by atoms with Crippen molar-refractivity contribution < 1.29 is 9.59 Å². The lowest BCUT2D eigenvalue weighted by atomic mass is 10.1. The minimum absolute atomic E-state index is 0.211. The van der Waals surface area contributed by atoms with Crippen molar-refractivity contribution >= 4 is 46.4 Å². The second kappa shape index (κ2) is 9.51. The molecule has 2 amide bonds. The maximum Gasteiger partial charge on any atom is 0.257 e. The molecule has 1 aliphatic rings. The number of anilines is 2. The summed E-state index contributed by atoms with van der Waals surface area (Å²) >= 11 is 12.6. The molecule has 3 rings (SSSR count). The van der Waals surface area contributed by atoms with Gasteiger partial charge < -0.3 is 15.1 Å². The molecule has 1 saturated heterocycles. The van der Waals surface area contributed by atoms with Gasteiger partial charge in [-0.3, -0.25) is 9.59 Å². The number of piperazine rings is 1. The normalized spacial score (nSPS) is 14.2. The van der Waals surface area contributed by atoms with Crippen molar-refractivity contribution in [2.24, 2.45) is 5.92 Å². The van der Waals surface area contributed by atoms with Gasteiger partial charge in [-0.05, 0) is 36.2 Å². The Morgan fingerprint density at radius 3 is 2.31 bits per heavy atom. The van der Waals surface area contributed by atoms with Gasteiger partial charge in [-0.15, -0.1) is 0 Å². The van der Waals surface area contributed by atoms with Gasteiger partial charge in [-0.1, -0.05) is 49.2 Å². The molecule has 0 saturated carbocycles. The molecule has 0 unspecified atom stereocenters. The fraction of sp³-hybridized carbons (Fsp3) is 0.364. The standard InChI is InChI=1S/C22H25Cl2N3O2/c1-15(2)13-21(28)27-11-9-26(10-12-27)20-8-7-16(14-19(20)24)25-22(29)17-5-3-4-6-18(17)23/h3-8,14-15H,9-13H2,1-2H3,(H,25,29). The Morgan fingerprint density at radius 2 is 1.69 bits per heavy atom. The third-order valence-corrected chi connectivity index (χ3v) is 5.51. The summed E-state index contributed by atoms with van der Waals surface area (Å²) in [7, 11) is 0. The smallest absolute Gasteiger partial charge is 0.257 e. The highest BCUT2D eigenvalue weighted by molar-refractivity contribution is 6.35. The molecule has 29 heavy (non-hydrogen) atoms. The predicted octanol–water partition coefficient (Wildman–Crippen LogP) is 4.94. The van der Waals surface area contributed by atoms with E-state index in [-0.39, 0.29) is 11.8 Å². The number of hydrogen-bond acceptors (Lipinski definition) is 3. The van der Waals surface area contributed by atoms with Crippen molar-refractivity contribution in [3.05, 3.63) is 58.1 Å². The largest absolute Gasteiger partial charge is 0.367 e. The van der Waals surface area contributed by atoms with E-state index in [9.17, 15) is 9.59 Å². The molecule has 0 radical (unpaired) electrons. The Kier molecular flexibility index (Phi) is 7.04. The number of carbonyl (C=O) groups is 2. The highest BCUT2D eigenvalue weighted by atomic mass is 35.5. The molecule has 0 aliphatic carbocycles. The second-order valence-corrected chi connectivity index (χ2v) is 8.38. The Hall–Kier alpha value is -2.24. The lowest BCUT2D eigenvalue weighted by molar-refractivity contribution is -0.132. The van der Waals surface area contributed by atoms with Crippen LogP contribution in [0.4, 0.5) is 11.4 Å². The van der Waals surface area contributed by atoms with Gasteiger partial charge in [0.05, 0.1) is 21.3 Å². The summed E-state index contributed by atoms with van der Waals surface area (Å²) in [5, 5.41) is 3.79. The van der Waals surface area contributed by atoms with Crippen molar-refractivity contribution in [3.63, 3.8) is 0 Å². The van der Waals surface area contributed by atoms with E-state index in [1.807, 2.05) is 17.0 Å². The number of hydrogen-bond donors (Lipinski definition) is 1. The highest BCUT2D eigenvalue weighted by Crippen LogP contribution is 2.30. The molecule has 1 aliphatic heterocycles. The van der Waals surface area contributed by atoms with Crippen molar-refractivity contribution in [2.45, 2.75) is 20.3 Å². The van der Waals surface area contributed by atoms with Gasteiger partial charge in [-0.25, -0.2) is 0 Å². The number of amides is 2. The van der Waals surface area contributed by atoms with Crippen LogP contribution in [0.5, 0.6) is 0 Å². The first-order valence-corrected chi connectivity index (χ1v) is 10.5. The molecule has 154 valence electrons. The van der Waals surface area contributed by atoms with Gasteiger partial charge >= 0.3 is 0 Å². The molecule has 0 aromatic heterocycles. The maximum atomic E-state index is 12.4. The van der Waals surface area contributed by atoms with Gasteiger partial charge in [0.1, 0.15) is 0 Å². The summed E-state index contributed by atoms with van der Waals surface area (Å²) in [4.78, 5) is 28.7. The summed E-state index contributed by atoms with van der Waals surface area (Å²) in [6, 6.07) is 12.4. The summed E-state index contributed by atoms with van der Waals surface area (Å²) in [5.74, 6) is 0.295. The molecule has 2 aromatic carbocycles. The quantitative estimate of drug-likeness (QED) is 0.725. The minimum Gasteiger partial charge on any atom is -0.367 e. The molecular formula is C22H25Cl2N3O2. The Morgan fingerprint density at radius 1 is 1.00 bits per heavy atom. The van der Waals surface area contributed by atoms with E-state index in [4.69, 9.17) is 23.2 Å². The van der Waals surface area contributed by atoms with E-state index >= 15 is 0 Å². The van der Waals surface area contributed by atoms with Crippen LogP contribution in [-0.4, -0.2) is 42.9 Å². The number of nitrogens with one attached hydrogen (secondary N) is 1. The average Bonchev–Trinajstić information content (AvgIpc) is 2.68. The molecule has 5 nitrogen and oxygen atoms in total. The molecular weight excluding hydrogens is 409 g/mol. The molecule has 2 aromatic rings. The van der Waals surface area contributed by atoms with Gasteiger partial charge in [0.2, 0.25) is 5.91 Å². The topological polar surface area (TPSA) is 52.7 Å². The van der Waals surface area contributed by atoms with E-state index in [0.29, 0.717) is 46.7 Å². The van der Waals surface area contributed by atoms with E-state index in [1.54, 1.807) is 30.3 Å². The second-order valence-electron chi connectivity index (χ2n) is 7.57. The van der Waals surface area contributed by atoms with Crippen molar-refractivity contribution in [3.8, 4) is 0 Å². The summed E-state index contributed by atoms with van der Waals surface area (Å²) in [6.45, 7) is 6.95. The Bertz CT molecular complexity index is 893. The molecule has 0 spiro atoms. The fourth-order valence-corrected chi connectivity index (χ4v) is 3.88. The van der Waals surface area contributed by atoms with Crippen LogP contribution in [0.3, 0.4) is 0 Å². The maximum absolute atomic E-state index is 12.4. The number of carbonyl (C=O) groups excluding carboxylic acids is 2. The van der Waals surface area contributed by atoms with Crippen LogP contribution in [0.25, 0.3) is 0 Å². The van der Waals surface area contributed by atoms with Crippen LogP contribution in [0, 0.1) is 5.92 Å². The van der Waals surface area contributed by atoms with Gasteiger partial charge in [-0.2, -0.15) is 0 Å². The lowest BCUT2D eigenvalue weighted by Gasteiger charge is -2.36. The van der Waals surface area contributed by atoms with Gasteiger partial charge in [0, 0.05) is 38.3 Å². The number of benzene rings is 2. The summed E-state index contributed by atoms with van der Waals surface area (Å²) < 4.78 is 0. The van der Waals surface area contributed by atoms with E-state index in [0.717, 1.165) is 18.8 Å². The zero-order valence-corrected chi connectivity index (χ0v) is 18.1. The molecule has 0 atom stereocenters. The summed E-state index contributed by atoms with van der Waals surface area (Å²) in [5.41, 5.74) is 1.92. The first-order chi connectivity index (χ1) is 13.8. The van der Waals surface area contributed by atoms with Crippen LogP contribution in [0.1, 0.15) is 30.6 Å². The number of rotatable bonds is 5. The number of nitrogens with zero attached hydrogens (tertiary/aromatic N) is 2. The van der Waals surface area contributed by atoms with Crippen LogP contribution in [-0.2, 0) is 4.79 Å². The van der Waals surface area contributed by atoms with Crippen LogP contribution >= 0.6 is 23.2 Å². The van der Waals surface area contributed by atoms with Crippen molar-refractivity contribution in [1.82, 2.24) is 4.90 Å². The van der Waals surface area contributed by atoms with Crippen LogP contribution in [0.2, 0.25) is 10.0 Å². The minimum atomic E-state index is -0.281. The van der Waals surface area contributed by atoms with E-state index < -0.39 is 0 Å².